The van der Waals surface area contributed by atoms with Gasteiger partial charge in [-0.25, -0.2) is 0 Å². The van der Waals surface area contributed by atoms with Crippen LogP contribution in [0.25, 0.3) is 0 Å². The first-order valence-electron chi connectivity index (χ1n) is 3.18. The number of methoxy groups -OCH3 is 1. The van der Waals surface area contributed by atoms with Crippen molar-refractivity contribution in [2.24, 2.45) is 0 Å². The van der Waals surface area contributed by atoms with Crippen molar-refractivity contribution >= 4 is 11.6 Å². The maximum absolute atomic E-state index is 11.0. The van der Waals surface area contributed by atoms with Crippen LogP contribution in [-0.4, -0.2) is 7.11 Å². The summed E-state index contributed by atoms with van der Waals surface area (Å²) >= 11 is 5.72. The van der Waals surface area contributed by atoms with Crippen molar-refractivity contribution in [2.45, 2.75) is 6.29 Å². The summed E-state index contributed by atoms with van der Waals surface area (Å²) in [6.45, 7) is 0. The van der Waals surface area contributed by atoms with Gasteiger partial charge in [-0.15, -0.1) is 0 Å². The van der Waals surface area contributed by atoms with Gasteiger partial charge in [-0.2, -0.15) is 5.11 Å². The van der Waals surface area contributed by atoms with E-state index in [4.69, 9.17) is 11.6 Å². The van der Waals surface area contributed by atoms with Crippen molar-refractivity contribution in [3.05, 3.63) is 34.9 Å². The Balaban J connectivity index is 2.93. The Kier molecular flexibility index (Phi) is 2.88. The lowest BCUT2D eigenvalue weighted by Gasteiger charge is -2.06. The Hall–Kier alpha value is -0.570. The van der Waals surface area contributed by atoms with Crippen LogP contribution < -0.4 is 0 Å². The summed E-state index contributed by atoms with van der Waals surface area (Å²) in [7, 11) is 1.36. The number of hydrogen-bond donors (Lipinski definition) is 0. The van der Waals surface area contributed by atoms with E-state index < -0.39 is 6.29 Å². The van der Waals surface area contributed by atoms with Gasteiger partial charge in [0.25, 0.3) is 0 Å². The molecular weight excluding hydrogens is 164 g/mol. The van der Waals surface area contributed by atoms with Crippen LogP contribution in [0.15, 0.2) is 24.3 Å². The molecule has 59 valence electrons. The van der Waals surface area contributed by atoms with E-state index in [-0.39, 0.29) is 0 Å². The second-order valence-electron chi connectivity index (χ2n) is 2.09. The number of halogens is 1. The van der Waals surface area contributed by atoms with Crippen molar-refractivity contribution < 1.29 is 9.84 Å². The molecule has 1 rings (SSSR count). The van der Waals surface area contributed by atoms with Crippen molar-refractivity contribution in [1.82, 2.24) is 0 Å². The highest BCUT2D eigenvalue weighted by molar-refractivity contribution is 6.31. The Morgan fingerprint density at radius 2 is 2.09 bits per heavy atom. The van der Waals surface area contributed by atoms with Crippen LogP contribution in [-0.2, 0) is 9.84 Å². The fourth-order valence-corrected chi connectivity index (χ4v) is 1.02. The molecule has 0 bridgehead atoms. The van der Waals surface area contributed by atoms with Gasteiger partial charge < -0.3 is 4.74 Å². The summed E-state index contributed by atoms with van der Waals surface area (Å²) in [6, 6.07) is 6.85. The van der Waals surface area contributed by atoms with Crippen LogP contribution in [0.3, 0.4) is 0 Å². The molecule has 0 aromatic heterocycles. The SMILES string of the molecule is CO[C@@H]([O])c1ccccc1Cl. The summed E-state index contributed by atoms with van der Waals surface area (Å²) in [5.41, 5.74) is 0.483. The standard InChI is InChI=1S/C8H8ClO2/c1-11-8(10)6-4-2-3-5-7(6)9/h2-5,8H,1H3/t8-/m1/s1. The zero-order valence-electron chi connectivity index (χ0n) is 6.08. The smallest absolute Gasteiger partial charge is 0.218 e. The Morgan fingerprint density at radius 1 is 1.45 bits per heavy atom. The monoisotopic (exact) mass is 171 g/mol. The third-order valence-corrected chi connectivity index (χ3v) is 1.72. The van der Waals surface area contributed by atoms with Crippen LogP contribution in [0, 0.1) is 0 Å². The van der Waals surface area contributed by atoms with Gasteiger partial charge in [0.15, 0.2) is 0 Å². The van der Waals surface area contributed by atoms with Gasteiger partial charge in [-0.3, -0.25) is 0 Å². The molecule has 1 aromatic rings. The highest BCUT2D eigenvalue weighted by Crippen LogP contribution is 2.22. The fourth-order valence-electron chi connectivity index (χ4n) is 0.793. The minimum absolute atomic E-state index is 0.453. The van der Waals surface area contributed by atoms with Gasteiger partial charge in [0.1, 0.15) is 0 Å². The number of benzene rings is 1. The molecule has 0 unspecified atom stereocenters. The van der Waals surface area contributed by atoms with Crippen molar-refractivity contribution in [3.63, 3.8) is 0 Å². The molecule has 0 amide bonds. The zero-order valence-corrected chi connectivity index (χ0v) is 6.84. The molecule has 0 aliphatic rings. The van der Waals surface area contributed by atoms with Crippen LogP contribution in [0.5, 0.6) is 0 Å². The van der Waals surface area contributed by atoms with E-state index >= 15 is 0 Å². The molecule has 0 fully saturated rings. The lowest BCUT2D eigenvalue weighted by atomic mass is 10.2. The van der Waals surface area contributed by atoms with Gasteiger partial charge in [-0.05, 0) is 6.07 Å². The summed E-state index contributed by atoms with van der Waals surface area (Å²) in [6.07, 6.45) is -1.18. The second kappa shape index (κ2) is 3.72. The average molecular weight is 172 g/mol. The van der Waals surface area contributed by atoms with E-state index in [1.54, 1.807) is 24.3 Å². The topological polar surface area (TPSA) is 29.1 Å². The van der Waals surface area contributed by atoms with Crippen LogP contribution in [0.2, 0.25) is 5.02 Å². The minimum atomic E-state index is -1.18. The third-order valence-electron chi connectivity index (χ3n) is 1.37. The van der Waals surface area contributed by atoms with Gasteiger partial charge in [0, 0.05) is 17.7 Å². The van der Waals surface area contributed by atoms with Crippen molar-refractivity contribution in [3.8, 4) is 0 Å². The van der Waals surface area contributed by atoms with Crippen LogP contribution >= 0.6 is 11.6 Å². The van der Waals surface area contributed by atoms with E-state index in [9.17, 15) is 5.11 Å². The molecular formula is C8H8ClO2. The molecule has 0 saturated carbocycles. The molecule has 0 aliphatic heterocycles. The molecule has 0 heterocycles. The molecule has 0 spiro atoms. The molecule has 1 aromatic carbocycles. The maximum atomic E-state index is 11.0. The first kappa shape index (κ1) is 8.53. The Morgan fingerprint density at radius 3 is 2.64 bits per heavy atom. The third kappa shape index (κ3) is 1.93. The molecule has 11 heavy (non-hydrogen) atoms. The first-order valence-corrected chi connectivity index (χ1v) is 3.56. The van der Waals surface area contributed by atoms with Crippen molar-refractivity contribution in [1.29, 1.82) is 0 Å². The van der Waals surface area contributed by atoms with E-state index in [2.05, 4.69) is 4.74 Å². The lowest BCUT2D eigenvalue weighted by Crippen LogP contribution is -1.97. The van der Waals surface area contributed by atoms with E-state index in [0.717, 1.165) is 0 Å². The van der Waals surface area contributed by atoms with Crippen LogP contribution in [0.4, 0.5) is 0 Å². The normalized spacial score (nSPS) is 13.0. The Bertz CT molecular complexity index is 237. The fraction of sp³-hybridized carbons (Fsp3) is 0.250. The second-order valence-corrected chi connectivity index (χ2v) is 2.50. The van der Waals surface area contributed by atoms with Gasteiger partial charge in [0.05, 0.1) is 0 Å². The maximum Gasteiger partial charge on any atom is 0.218 e. The summed E-state index contributed by atoms with van der Waals surface area (Å²) < 4.78 is 4.58. The van der Waals surface area contributed by atoms with Crippen molar-refractivity contribution in [2.75, 3.05) is 7.11 Å². The first-order chi connectivity index (χ1) is 5.25. The Labute approximate surface area is 70.4 Å². The predicted octanol–water partition coefficient (Wildman–Crippen LogP) is 2.42. The molecule has 1 radical (unpaired) electrons. The summed E-state index contributed by atoms with van der Waals surface area (Å²) in [5, 5.41) is 11.5. The summed E-state index contributed by atoms with van der Waals surface area (Å²) in [5.74, 6) is 0. The summed E-state index contributed by atoms with van der Waals surface area (Å²) in [4.78, 5) is 0. The van der Waals surface area contributed by atoms with Crippen LogP contribution in [0.1, 0.15) is 11.9 Å². The minimum Gasteiger partial charge on any atom is -0.349 e. The number of hydrogen-bond acceptors (Lipinski definition) is 1. The molecule has 0 aliphatic carbocycles. The zero-order chi connectivity index (χ0) is 8.27. The molecule has 2 nitrogen and oxygen atoms in total. The largest absolute Gasteiger partial charge is 0.349 e. The molecule has 0 N–H and O–H groups in total. The molecule has 3 heteroatoms. The predicted molar refractivity (Wildman–Crippen MR) is 41.9 cm³/mol. The van der Waals surface area contributed by atoms with Gasteiger partial charge in [-0.1, -0.05) is 29.8 Å². The van der Waals surface area contributed by atoms with E-state index in [1.165, 1.54) is 7.11 Å². The number of ether oxygens (including phenoxy) is 1. The highest BCUT2D eigenvalue weighted by atomic mass is 35.5. The molecule has 0 saturated heterocycles. The number of rotatable bonds is 2. The van der Waals surface area contributed by atoms with Gasteiger partial charge >= 0.3 is 0 Å². The van der Waals surface area contributed by atoms with E-state index in [0.29, 0.717) is 10.6 Å². The quantitative estimate of drug-likeness (QED) is 0.629. The lowest BCUT2D eigenvalue weighted by molar-refractivity contribution is -0.123. The van der Waals surface area contributed by atoms with Gasteiger partial charge in [0.2, 0.25) is 6.29 Å². The van der Waals surface area contributed by atoms with E-state index in [1.807, 2.05) is 0 Å². The average Bonchev–Trinajstić information content (AvgIpc) is 2.04. The highest BCUT2D eigenvalue weighted by Gasteiger charge is 2.09. The molecule has 1 atom stereocenters.